The van der Waals surface area contributed by atoms with Gasteiger partial charge in [0.1, 0.15) is 12.2 Å². The minimum Gasteiger partial charge on any atom is -0.504 e. The molecule has 2 heterocycles. The van der Waals surface area contributed by atoms with Crippen LogP contribution in [0.3, 0.4) is 0 Å². The Bertz CT molecular complexity index is 716. The molecular weight excluding hydrogens is 280 g/mol. The van der Waals surface area contributed by atoms with Crippen LogP contribution in [0.25, 0.3) is 0 Å². The highest BCUT2D eigenvalue weighted by atomic mass is 16.5. The summed E-state index contributed by atoms with van der Waals surface area (Å²) in [5.74, 6) is 0.947. The van der Waals surface area contributed by atoms with Crippen LogP contribution in [0.5, 0.6) is 11.5 Å². The second kappa shape index (κ2) is 3.78. The van der Waals surface area contributed by atoms with E-state index >= 15 is 0 Å². The van der Waals surface area contributed by atoms with Gasteiger partial charge < -0.3 is 25.6 Å². The van der Waals surface area contributed by atoms with Crippen molar-refractivity contribution in [2.45, 2.75) is 36.5 Å². The third-order valence-corrected chi connectivity index (χ3v) is 6.31. The lowest BCUT2D eigenvalue weighted by atomic mass is 9.53. The van der Waals surface area contributed by atoms with Crippen LogP contribution >= 0.6 is 0 Å². The summed E-state index contributed by atoms with van der Waals surface area (Å²) in [7, 11) is 2.16. The van der Waals surface area contributed by atoms with Crippen molar-refractivity contribution in [3.8, 4) is 11.5 Å². The first-order valence-electron chi connectivity index (χ1n) is 7.92. The number of rotatable bonds is 0. The Labute approximate surface area is 129 Å². The molecule has 0 aromatic heterocycles. The van der Waals surface area contributed by atoms with Gasteiger partial charge in [0.25, 0.3) is 0 Å². The number of benzene rings is 1. The average Bonchev–Trinajstić information content (AvgIpc) is 2.83. The number of nitrogens with two attached hydrogens (primary N) is 1. The van der Waals surface area contributed by atoms with Gasteiger partial charge in [-0.3, -0.25) is 0 Å². The van der Waals surface area contributed by atoms with Crippen molar-refractivity contribution < 1.29 is 14.9 Å². The Balaban J connectivity index is 1.87. The molecular formula is C17H20N2O3. The van der Waals surface area contributed by atoms with Crippen molar-refractivity contribution in [1.82, 2.24) is 4.90 Å². The quantitative estimate of drug-likeness (QED) is 0.487. The molecule has 1 saturated heterocycles. The molecule has 2 bridgehead atoms. The smallest absolute Gasteiger partial charge is 0.165 e. The van der Waals surface area contributed by atoms with E-state index in [0.29, 0.717) is 23.4 Å². The maximum absolute atomic E-state index is 10.5. The lowest BCUT2D eigenvalue weighted by Crippen LogP contribution is -2.64. The summed E-state index contributed by atoms with van der Waals surface area (Å²) in [4.78, 5) is 2.39. The zero-order valence-corrected chi connectivity index (χ0v) is 12.5. The van der Waals surface area contributed by atoms with E-state index in [0.717, 1.165) is 30.5 Å². The monoisotopic (exact) mass is 300 g/mol. The minimum atomic E-state index is -0.640. The number of likely N-dealkylation sites (N-methyl/N-ethyl adjacent to an activating group) is 1. The van der Waals surface area contributed by atoms with Gasteiger partial charge in [-0.2, -0.15) is 0 Å². The van der Waals surface area contributed by atoms with Crippen LogP contribution < -0.4 is 10.5 Å². The topological polar surface area (TPSA) is 79.0 Å². The van der Waals surface area contributed by atoms with Gasteiger partial charge in [0.05, 0.1) is 0 Å². The summed E-state index contributed by atoms with van der Waals surface area (Å²) in [6.07, 6.45) is 4.84. The van der Waals surface area contributed by atoms with Crippen LogP contribution in [0, 0.1) is 5.92 Å². The van der Waals surface area contributed by atoms with E-state index in [1.54, 1.807) is 6.07 Å². The summed E-state index contributed by atoms with van der Waals surface area (Å²) in [6.45, 7) is 0.968. The van der Waals surface area contributed by atoms with Gasteiger partial charge >= 0.3 is 0 Å². The number of hydrogen-bond acceptors (Lipinski definition) is 5. The molecule has 1 fully saturated rings. The first-order chi connectivity index (χ1) is 10.5. The summed E-state index contributed by atoms with van der Waals surface area (Å²) in [5.41, 5.74) is 8.77. The molecule has 22 heavy (non-hydrogen) atoms. The maximum Gasteiger partial charge on any atom is 0.165 e. The molecule has 0 saturated carbocycles. The molecule has 0 unspecified atom stereocenters. The lowest BCUT2D eigenvalue weighted by molar-refractivity contribution is -0.0452. The van der Waals surface area contributed by atoms with E-state index in [9.17, 15) is 10.2 Å². The second-order valence-electron chi connectivity index (χ2n) is 7.15. The van der Waals surface area contributed by atoms with Crippen molar-refractivity contribution in [3.05, 3.63) is 29.3 Å². The fraction of sp³-hybridized carbons (Fsp3) is 0.529. The molecule has 1 aromatic rings. The third kappa shape index (κ3) is 1.21. The number of aromatic hydroxyl groups is 1. The number of piperidine rings is 1. The fourth-order valence-electron chi connectivity index (χ4n) is 5.35. The molecule has 2 aliphatic carbocycles. The SMILES string of the molecule is CN1CC[C@]23c4c5c(N)cc(O)c4O[C@H]2[C@@H](O)C=C[C@H]3[C@H]1C5. The molecule has 5 heteroatoms. The predicted molar refractivity (Wildman–Crippen MR) is 82.0 cm³/mol. The summed E-state index contributed by atoms with van der Waals surface area (Å²) in [5, 5.41) is 20.8. The van der Waals surface area contributed by atoms with Crippen LogP contribution in [0.2, 0.25) is 0 Å². The first kappa shape index (κ1) is 12.8. The fourth-order valence-corrected chi connectivity index (χ4v) is 5.35. The van der Waals surface area contributed by atoms with Crippen LogP contribution in [0.15, 0.2) is 18.2 Å². The average molecular weight is 300 g/mol. The first-order valence-corrected chi connectivity index (χ1v) is 7.92. The normalized spacial score (nSPS) is 41.2. The number of nitrogens with zero attached hydrogens (tertiary/aromatic N) is 1. The van der Waals surface area contributed by atoms with E-state index in [1.807, 2.05) is 6.08 Å². The molecule has 1 spiro atoms. The Morgan fingerprint density at radius 2 is 2.23 bits per heavy atom. The van der Waals surface area contributed by atoms with Gasteiger partial charge in [-0.15, -0.1) is 0 Å². The molecule has 5 rings (SSSR count). The largest absolute Gasteiger partial charge is 0.504 e. The lowest BCUT2D eigenvalue weighted by Gasteiger charge is -2.56. The number of nitrogen functional groups attached to an aromatic ring is 1. The highest BCUT2D eigenvalue weighted by Gasteiger charge is 2.64. The Morgan fingerprint density at radius 1 is 1.41 bits per heavy atom. The van der Waals surface area contributed by atoms with Crippen molar-refractivity contribution in [3.63, 3.8) is 0 Å². The number of aliphatic hydroxyl groups is 1. The maximum atomic E-state index is 10.5. The number of likely N-dealkylation sites (tertiary alicyclic amines) is 1. The standard InChI is InChI=1S/C17H20N2O3/c1-19-5-4-17-9-2-3-12(20)16(17)22-15-13(21)7-10(18)8(14(15)17)6-11(9)19/h2-3,7,9,11-12,16,20-21H,4-6,18H2,1H3/t9-,11+,12-,16-,17-/m0/s1. The van der Waals surface area contributed by atoms with Gasteiger partial charge in [0.2, 0.25) is 0 Å². The zero-order chi connectivity index (χ0) is 15.2. The van der Waals surface area contributed by atoms with Crippen molar-refractivity contribution in [1.29, 1.82) is 0 Å². The number of aliphatic hydroxyl groups excluding tert-OH is 1. The number of ether oxygens (including phenoxy) is 1. The van der Waals surface area contributed by atoms with Crippen molar-refractivity contribution in [2.24, 2.45) is 5.92 Å². The summed E-state index contributed by atoms with van der Waals surface area (Å²) in [6, 6.07) is 1.96. The van der Waals surface area contributed by atoms with E-state index in [-0.39, 0.29) is 17.3 Å². The highest BCUT2D eigenvalue weighted by Crippen LogP contribution is 2.63. The van der Waals surface area contributed by atoms with Gasteiger partial charge in [0, 0.05) is 34.7 Å². The van der Waals surface area contributed by atoms with Crippen LogP contribution in [-0.2, 0) is 11.8 Å². The predicted octanol–water partition coefficient (Wildman–Crippen LogP) is 0.780. The van der Waals surface area contributed by atoms with Crippen LogP contribution in [0.1, 0.15) is 17.5 Å². The molecule has 2 aliphatic heterocycles. The molecule has 5 atom stereocenters. The Kier molecular flexibility index (Phi) is 2.20. The van der Waals surface area contributed by atoms with Crippen molar-refractivity contribution in [2.75, 3.05) is 19.3 Å². The molecule has 0 amide bonds. The van der Waals surface area contributed by atoms with Gasteiger partial charge in [-0.25, -0.2) is 0 Å². The number of phenols is 1. The molecule has 5 nitrogen and oxygen atoms in total. The molecule has 4 aliphatic rings. The number of phenolic OH excluding ortho intramolecular Hbond substituents is 1. The summed E-state index contributed by atoms with van der Waals surface area (Å²) < 4.78 is 6.09. The van der Waals surface area contributed by atoms with E-state index in [1.165, 1.54) is 0 Å². The zero-order valence-electron chi connectivity index (χ0n) is 12.5. The number of anilines is 1. The van der Waals surface area contributed by atoms with Crippen molar-refractivity contribution >= 4 is 5.69 Å². The highest BCUT2D eigenvalue weighted by molar-refractivity contribution is 5.70. The minimum absolute atomic E-state index is 0.100. The second-order valence-corrected chi connectivity index (χ2v) is 7.15. The van der Waals surface area contributed by atoms with E-state index < -0.39 is 6.10 Å². The number of hydrogen-bond donors (Lipinski definition) is 3. The Hall–Kier alpha value is -1.72. The van der Waals surface area contributed by atoms with Crippen LogP contribution in [-0.4, -0.2) is 47.0 Å². The summed E-state index contributed by atoms with van der Waals surface area (Å²) >= 11 is 0. The molecule has 116 valence electrons. The molecule has 4 N–H and O–H groups in total. The Morgan fingerprint density at radius 3 is 3.05 bits per heavy atom. The van der Waals surface area contributed by atoms with Crippen LogP contribution in [0.4, 0.5) is 5.69 Å². The van der Waals surface area contributed by atoms with E-state index in [4.69, 9.17) is 10.5 Å². The van der Waals surface area contributed by atoms with Gasteiger partial charge in [-0.1, -0.05) is 12.2 Å². The molecule has 1 aromatic carbocycles. The van der Waals surface area contributed by atoms with Gasteiger partial charge in [-0.05, 0) is 32.0 Å². The van der Waals surface area contributed by atoms with Gasteiger partial charge in [0.15, 0.2) is 11.5 Å². The van der Waals surface area contributed by atoms with E-state index in [2.05, 4.69) is 18.0 Å². The third-order valence-electron chi connectivity index (χ3n) is 6.31. The molecule has 0 radical (unpaired) electrons.